The van der Waals surface area contributed by atoms with Crippen LogP contribution in [0.25, 0.3) is 5.76 Å². The first-order valence-electron chi connectivity index (χ1n) is 8.41. The van der Waals surface area contributed by atoms with E-state index in [1.807, 2.05) is 91.0 Å². The fourth-order valence-corrected chi connectivity index (χ4v) is 3.20. The number of rotatable bonds is 4. The summed E-state index contributed by atoms with van der Waals surface area (Å²) in [4.78, 5) is 13.0. The minimum absolute atomic E-state index is 0.0108. The summed E-state index contributed by atoms with van der Waals surface area (Å²) in [6.45, 7) is 0. The van der Waals surface area contributed by atoms with Crippen molar-refractivity contribution in [2.75, 3.05) is 0 Å². The zero-order chi connectivity index (χ0) is 17.1. The summed E-state index contributed by atoms with van der Waals surface area (Å²) in [5.74, 6) is 0.685. The van der Waals surface area contributed by atoms with Crippen LogP contribution in [-0.4, -0.2) is 11.9 Å². The van der Waals surface area contributed by atoms with Gasteiger partial charge in [0.05, 0.1) is 5.92 Å². The molecule has 0 saturated heterocycles. The number of Topliss-reactive ketones (excluding diaryl/α,β-unsaturated/α-hetero) is 1. The van der Waals surface area contributed by atoms with Gasteiger partial charge in [-0.3, -0.25) is 4.79 Å². The number of hydrogen-bond acceptors (Lipinski definition) is 2. The Kier molecular flexibility index (Phi) is 4.17. The van der Waals surface area contributed by atoms with Crippen LogP contribution in [0.3, 0.4) is 0 Å². The van der Waals surface area contributed by atoms with Gasteiger partial charge < -0.3 is 4.74 Å². The third-order valence-corrected chi connectivity index (χ3v) is 4.47. The maximum absolute atomic E-state index is 13.0. The van der Waals surface area contributed by atoms with E-state index in [1.54, 1.807) is 0 Å². The zero-order valence-electron chi connectivity index (χ0n) is 13.7. The second kappa shape index (κ2) is 6.78. The van der Waals surface area contributed by atoms with Crippen LogP contribution in [-0.2, 0) is 4.74 Å². The molecule has 0 N–H and O–H groups in total. The minimum Gasteiger partial charge on any atom is -0.481 e. The largest absolute Gasteiger partial charge is 0.481 e. The summed E-state index contributed by atoms with van der Waals surface area (Å²) >= 11 is 0. The molecule has 3 aromatic rings. The molecule has 0 saturated carbocycles. The maximum atomic E-state index is 13.0. The molecular formula is C23H18O2. The average Bonchev–Trinajstić information content (AvgIpc) is 3.15. The van der Waals surface area contributed by atoms with Gasteiger partial charge in [0.2, 0.25) is 5.78 Å². The highest BCUT2D eigenvalue weighted by Crippen LogP contribution is 2.38. The minimum atomic E-state index is -0.542. The molecular weight excluding hydrogens is 308 g/mol. The van der Waals surface area contributed by atoms with Crippen molar-refractivity contribution in [1.29, 1.82) is 0 Å². The van der Waals surface area contributed by atoms with E-state index in [0.29, 0.717) is 5.56 Å². The molecule has 25 heavy (non-hydrogen) atoms. The van der Waals surface area contributed by atoms with E-state index < -0.39 is 6.10 Å². The molecule has 122 valence electrons. The quantitative estimate of drug-likeness (QED) is 0.624. The van der Waals surface area contributed by atoms with Gasteiger partial charge in [-0.2, -0.15) is 0 Å². The average molecular weight is 326 g/mol. The second-order valence-corrected chi connectivity index (χ2v) is 6.10. The van der Waals surface area contributed by atoms with Gasteiger partial charge in [-0.05, 0) is 11.6 Å². The molecule has 1 aliphatic rings. The normalized spacial score (nSPS) is 19.1. The summed E-state index contributed by atoms with van der Waals surface area (Å²) < 4.78 is 6.14. The van der Waals surface area contributed by atoms with E-state index in [4.69, 9.17) is 4.74 Å². The SMILES string of the molecule is O=C(c1ccccc1)C1OC(c2ccccc2)=CC1c1ccccc1. The van der Waals surface area contributed by atoms with Crippen LogP contribution in [0.2, 0.25) is 0 Å². The predicted octanol–water partition coefficient (Wildman–Crippen LogP) is 5.09. The lowest BCUT2D eigenvalue weighted by Crippen LogP contribution is -2.26. The van der Waals surface area contributed by atoms with Crippen LogP contribution in [0.1, 0.15) is 27.4 Å². The third kappa shape index (κ3) is 3.11. The van der Waals surface area contributed by atoms with Crippen molar-refractivity contribution in [1.82, 2.24) is 0 Å². The molecule has 0 fully saturated rings. The molecule has 1 aliphatic heterocycles. The molecule has 2 atom stereocenters. The number of carbonyl (C=O) groups excluding carboxylic acids is 1. The van der Waals surface area contributed by atoms with Crippen LogP contribution >= 0.6 is 0 Å². The van der Waals surface area contributed by atoms with Crippen molar-refractivity contribution in [3.8, 4) is 0 Å². The Labute approximate surface area is 147 Å². The summed E-state index contributed by atoms with van der Waals surface area (Å²) in [6.07, 6.45) is 1.52. The van der Waals surface area contributed by atoms with Gasteiger partial charge in [0.1, 0.15) is 5.76 Å². The maximum Gasteiger partial charge on any atom is 0.204 e. The molecule has 4 rings (SSSR count). The van der Waals surface area contributed by atoms with Crippen molar-refractivity contribution in [3.05, 3.63) is 114 Å². The van der Waals surface area contributed by atoms with Crippen LogP contribution in [0.5, 0.6) is 0 Å². The Morgan fingerprint density at radius 1 is 0.720 bits per heavy atom. The van der Waals surface area contributed by atoms with Gasteiger partial charge in [-0.15, -0.1) is 0 Å². The van der Waals surface area contributed by atoms with E-state index >= 15 is 0 Å². The van der Waals surface area contributed by atoms with Gasteiger partial charge in [0.25, 0.3) is 0 Å². The topological polar surface area (TPSA) is 26.3 Å². The molecule has 2 unspecified atom stereocenters. The fourth-order valence-electron chi connectivity index (χ4n) is 3.20. The van der Waals surface area contributed by atoms with Gasteiger partial charge in [0.15, 0.2) is 6.10 Å². The number of carbonyl (C=O) groups is 1. The van der Waals surface area contributed by atoms with E-state index in [9.17, 15) is 4.79 Å². The first-order chi connectivity index (χ1) is 12.3. The van der Waals surface area contributed by atoms with Crippen molar-refractivity contribution in [2.24, 2.45) is 0 Å². The van der Waals surface area contributed by atoms with E-state index in [0.717, 1.165) is 16.9 Å². The van der Waals surface area contributed by atoms with E-state index in [2.05, 4.69) is 6.08 Å². The molecule has 0 aliphatic carbocycles. The second-order valence-electron chi connectivity index (χ2n) is 6.10. The zero-order valence-corrected chi connectivity index (χ0v) is 13.7. The highest BCUT2D eigenvalue weighted by Gasteiger charge is 2.36. The van der Waals surface area contributed by atoms with Crippen molar-refractivity contribution in [2.45, 2.75) is 12.0 Å². The lowest BCUT2D eigenvalue weighted by molar-refractivity contribution is 0.0755. The Bertz CT molecular complexity index is 883. The van der Waals surface area contributed by atoms with Crippen LogP contribution in [0.4, 0.5) is 0 Å². The van der Waals surface area contributed by atoms with Crippen molar-refractivity contribution < 1.29 is 9.53 Å². The summed E-state index contributed by atoms with van der Waals surface area (Å²) in [6, 6.07) is 29.3. The lowest BCUT2D eigenvalue weighted by Gasteiger charge is -2.19. The van der Waals surface area contributed by atoms with Crippen LogP contribution in [0, 0.1) is 0 Å². The van der Waals surface area contributed by atoms with Crippen molar-refractivity contribution in [3.63, 3.8) is 0 Å². The van der Waals surface area contributed by atoms with Crippen LogP contribution < -0.4 is 0 Å². The number of hydrogen-bond donors (Lipinski definition) is 0. The molecule has 3 aromatic carbocycles. The summed E-state index contributed by atoms with van der Waals surface area (Å²) in [5.41, 5.74) is 2.76. The Hall–Kier alpha value is -3.13. The molecule has 0 bridgehead atoms. The van der Waals surface area contributed by atoms with E-state index in [-0.39, 0.29) is 11.7 Å². The molecule has 1 heterocycles. The Morgan fingerprint density at radius 2 is 1.28 bits per heavy atom. The van der Waals surface area contributed by atoms with Gasteiger partial charge >= 0.3 is 0 Å². The fraction of sp³-hybridized carbons (Fsp3) is 0.0870. The Balaban J connectivity index is 1.72. The highest BCUT2D eigenvalue weighted by atomic mass is 16.5. The third-order valence-electron chi connectivity index (χ3n) is 4.47. The molecule has 0 radical (unpaired) electrons. The first kappa shape index (κ1) is 15.4. The molecule has 2 nitrogen and oxygen atoms in total. The molecule has 0 amide bonds. The molecule has 2 heteroatoms. The first-order valence-corrected chi connectivity index (χ1v) is 8.41. The predicted molar refractivity (Wildman–Crippen MR) is 99.2 cm³/mol. The van der Waals surface area contributed by atoms with Gasteiger partial charge in [0, 0.05) is 11.1 Å². The standard InChI is InChI=1S/C23H18O2/c24-22(19-14-8-3-9-15-19)23-20(17-10-4-1-5-11-17)16-21(25-23)18-12-6-2-7-13-18/h1-16,20,23H. The molecule has 0 aromatic heterocycles. The number of benzene rings is 3. The molecule has 0 spiro atoms. The van der Waals surface area contributed by atoms with Gasteiger partial charge in [-0.25, -0.2) is 0 Å². The Morgan fingerprint density at radius 3 is 1.92 bits per heavy atom. The number of ketones is 1. The summed E-state index contributed by atoms with van der Waals surface area (Å²) in [7, 11) is 0. The van der Waals surface area contributed by atoms with E-state index in [1.165, 1.54) is 0 Å². The van der Waals surface area contributed by atoms with Crippen molar-refractivity contribution >= 4 is 11.5 Å². The smallest absolute Gasteiger partial charge is 0.204 e. The summed E-state index contributed by atoms with van der Waals surface area (Å²) in [5, 5.41) is 0. The monoisotopic (exact) mass is 326 g/mol. The lowest BCUT2D eigenvalue weighted by atomic mass is 9.89. The number of ether oxygens (including phenoxy) is 1. The highest BCUT2D eigenvalue weighted by molar-refractivity contribution is 6.01. The van der Waals surface area contributed by atoms with Gasteiger partial charge in [-0.1, -0.05) is 91.0 Å². The van der Waals surface area contributed by atoms with Crippen LogP contribution in [0.15, 0.2) is 97.1 Å².